The zero-order valence-electron chi connectivity index (χ0n) is 19.8. The number of hydrogen-bond donors (Lipinski definition) is 1. The van der Waals surface area contributed by atoms with Crippen LogP contribution in [-0.2, 0) is 29.2 Å². The Kier molecular flexibility index (Phi) is 18.1. The fraction of sp³-hybridized carbons (Fsp3) is 0.900. The van der Waals surface area contributed by atoms with E-state index in [1.54, 1.807) is 0 Å². The maximum atomic E-state index is 12.2. The molecular weight excluding hydrogens is 391 g/mol. The largest absolute Gasteiger partial charge is 1.00 e. The number of carbonyl (C=O) groups excluding carboxylic acids is 2. The predicted octanol–water partition coefficient (Wildman–Crippen LogP) is 1.27. The molecule has 3 unspecified atom stereocenters. The molecule has 0 aromatic carbocycles. The van der Waals surface area contributed by atoms with E-state index in [2.05, 4.69) is 13.8 Å². The molecule has 0 aliphatic carbocycles. The van der Waals surface area contributed by atoms with E-state index < -0.39 is 33.7 Å². The first-order valence-electron chi connectivity index (χ1n) is 10.5. The maximum absolute atomic E-state index is 12.2. The number of hydrogen-bond acceptors (Lipinski definition) is 6. The quantitative estimate of drug-likeness (QED) is 0.223. The van der Waals surface area contributed by atoms with Gasteiger partial charge in [0.2, 0.25) is 0 Å². The molecule has 1 N–H and O–H groups in total. The zero-order valence-corrected chi connectivity index (χ0v) is 19.6. The number of rotatable bonds is 16. The Morgan fingerprint density at radius 1 is 0.897 bits per heavy atom. The monoisotopic (exact) mass is 430 g/mol. The summed E-state index contributed by atoms with van der Waals surface area (Å²) < 4.78 is 42.8. The van der Waals surface area contributed by atoms with Crippen LogP contribution in [0.25, 0.3) is 0 Å². The third kappa shape index (κ3) is 14.1. The molecule has 0 aromatic rings. The first kappa shape index (κ1) is 30.6. The smallest absolute Gasteiger partial charge is 1.00 e. The van der Waals surface area contributed by atoms with Gasteiger partial charge in [-0.1, -0.05) is 66.2 Å². The van der Waals surface area contributed by atoms with Gasteiger partial charge < -0.3 is 10.9 Å². The van der Waals surface area contributed by atoms with E-state index in [-0.39, 0.29) is 45.3 Å². The van der Waals surface area contributed by atoms with Gasteiger partial charge in [-0.25, -0.2) is 0 Å². The van der Waals surface area contributed by atoms with Crippen LogP contribution >= 0.6 is 0 Å². The van der Waals surface area contributed by atoms with Crippen molar-refractivity contribution in [1.82, 2.24) is 0 Å². The number of ether oxygens (including phenoxy) is 2. The fourth-order valence-electron chi connectivity index (χ4n) is 2.82. The molecule has 0 spiro atoms. The number of unbranched alkanes of at least 4 members (excludes halogenated alkanes) is 2. The summed E-state index contributed by atoms with van der Waals surface area (Å²) >= 11 is 0. The SMILES string of the molecule is CCCCC(CC)COC(=O)CC(C(=O)OCC(CC)CCCC)S(=O)(=O)O.[H-].[Li+]. The normalized spacial score (nSPS) is 14.4. The Labute approximate surface area is 190 Å². The maximum Gasteiger partial charge on any atom is 1.00 e. The van der Waals surface area contributed by atoms with E-state index in [0.29, 0.717) is 0 Å². The molecule has 9 heteroatoms. The van der Waals surface area contributed by atoms with E-state index in [4.69, 9.17) is 9.47 Å². The molecule has 168 valence electrons. The second kappa shape index (κ2) is 17.2. The van der Waals surface area contributed by atoms with Crippen LogP contribution in [0.5, 0.6) is 0 Å². The van der Waals surface area contributed by atoms with Gasteiger partial charge >= 0.3 is 30.8 Å². The summed E-state index contributed by atoms with van der Waals surface area (Å²) in [6, 6.07) is 0. The minimum absolute atomic E-state index is 0. The van der Waals surface area contributed by atoms with Crippen LogP contribution in [0, 0.1) is 11.8 Å². The Morgan fingerprint density at radius 2 is 1.34 bits per heavy atom. The molecule has 0 rings (SSSR count). The second-order valence-electron chi connectivity index (χ2n) is 7.35. The van der Waals surface area contributed by atoms with Crippen molar-refractivity contribution < 1.29 is 52.3 Å². The molecule has 0 heterocycles. The molecule has 0 radical (unpaired) electrons. The molecule has 0 amide bonds. The van der Waals surface area contributed by atoms with Crippen molar-refractivity contribution in [2.45, 2.75) is 90.7 Å². The fourth-order valence-corrected chi connectivity index (χ4v) is 3.48. The van der Waals surface area contributed by atoms with Crippen molar-refractivity contribution in [1.29, 1.82) is 0 Å². The van der Waals surface area contributed by atoms with Crippen molar-refractivity contribution >= 4 is 22.1 Å². The van der Waals surface area contributed by atoms with Crippen LogP contribution in [0.4, 0.5) is 0 Å². The molecule has 0 aliphatic rings. The predicted molar refractivity (Wildman–Crippen MR) is 110 cm³/mol. The average Bonchev–Trinajstić information content (AvgIpc) is 2.65. The van der Waals surface area contributed by atoms with Crippen LogP contribution < -0.4 is 18.9 Å². The Balaban J connectivity index is -0.00000364. The van der Waals surface area contributed by atoms with E-state index in [1.807, 2.05) is 13.8 Å². The molecule has 3 atom stereocenters. The Morgan fingerprint density at radius 3 is 1.72 bits per heavy atom. The van der Waals surface area contributed by atoms with Gasteiger partial charge in [-0.15, -0.1) is 0 Å². The minimum Gasteiger partial charge on any atom is -1.00 e. The van der Waals surface area contributed by atoms with Gasteiger partial charge in [0.1, 0.15) is 0 Å². The number of carbonyl (C=O) groups is 2. The van der Waals surface area contributed by atoms with Crippen LogP contribution in [0.1, 0.15) is 86.9 Å². The van der Waals surface area contributed by atoms with Crippen LogP contribution in [-0.4, -0.2) is 43.4 Å². The molecule has 0 aliphatic heterocycles. The van der Waals surface area contributed by atoms with Crippen molar-refractivity contribution in [3.05, 3.63) is 0 Å². The molecule has 0 bridgehead atoms. The summed E-state index contributed by atoms with van der Waals surface area (Å²) in [5.74, 6) is -1.61. The summed E-state index contributed by atoms with van der Waals surface area (Å²) in [6.45, 7) is 8.35. The minimum atomic E-state index is -4.76. The van der Waals surface area contributed by atoms with Crippen molar-refractivity contribution in [3.63, 3.8) is 0 Å². The molecule has 29 heavy (non-hydrogen) atoms. The van der Waals surface area contributed by atoms with Gasteiger partial charge in [-0.05, 0) is 24.7 Å². The standard InChI is InChI=1S/C20H38O7S.Li.H/c1-5-9-11-16(7-3)14-26-19(21)13-18(28(23,24)25)20(22)27-15-17(8-4)12-10-6-2;;/h16-18H,5-15H2,1-4H3,(H,23,24,25);;/q;+1;-1. The summed E-state index contributed by atoms with van der Waals surface area (Å²) in [4.78, 5) is 24.2. The first-order valence-corrected chi connectivity index (χ1v) is 12.0. The van der Waals surface area contributed by atoms with Gasteiger partial charge in [-0.3, -0.25) is 14.1 Å². The van der Waals surface area contributed by atoms with Gasteiger partial charge in [0, 0.05) is 0 Å². The topological polar surface area (TPSA) is 107 Å². The first-order chi connectivity index (χ1) is 13.2. The second-order valence-corrected chi connectivity index (χ2v) is 8.95. The molecule has 0 aromatic heterocycles. The Bertz CT molecular complexity index is 557. The van der Waals surface area contributed by atoms with Gasteiger partial charge in [0.15, 0.2) is 5.25 Å². The summed E-state index contributed by atoms with van der Waals surface area (Å²) in [7, 11) is -4.76. The molecule has 0 fully saturated rings. The van der Waals surface area contributed by atoms with E-state index in [0.717, 1.165) is 51.4 Å². The van der Waals surface area contributed by atoms with Gasteiger partial charge in [0.05, 0.1) is 19.6 Å². The van der Waals surface area contributed by atoms with Crippen LogP contribution in [0.3, 0.4) is 0 Å². The van der Waals surface area contributed by atoms with Crippen molar-refractivity contribution in [2.75, 3.05) is 13.2 Å². The van der Waals surface area contributed by atoms with E-state index in [1.165, 1.54) is 0 Å². The summed E-state index contributed by atoms with van der Waals surface area (Å²) in [6.07, 6.45) is 6.74. The zero-order chi connectivity index (χ0) is 21.6. The van der Waals surface area contributed by atoms with Crippen molar-refractivity contribution in [2.24, 2.45) is 11.8 Å². The van der Waals surface area contributed by atoms with Crippen molar-refractivity contribution in [3.8, 4) is 0 Å². The number of esters is 2. The third-order valence-corrected chi connectivity index (χ3v) is 6.08. The Hall–Kier alpha value is -0.553. The van der Waals surface area contributed by atoms with Crippen LogP contribution in [0.2, 0.25) is 0 Å². The van der Waals surface area contributed by atoms with Crippen LogP contribution in [0.15, 0.2) is 0 Å². The molecule has 0 saturated heterocycles. The van der Waals surface area contributed by atoms with Gasteiger partial charge in [0.25, 0.3) is 10.1 Å². The van der Waals surface area contributed by atoms with E-state index in [9.17, 15) is 22.6 Å². The third-order valence-electron chi connectivity index (χ3n) is 5.00. The summed E-state index contributed by atoms with van der Waals surface area (Å²) in [5, 5.41) is -1.95. The molecule has 0 saturated carbocycles. The van der Waals surface area contributed by atoms with Gasteiger partial charge in [-0.2, -0.15) is 8.42 Å². The molecular formula is C20H39LiO7S. The molecule has 7 nitrogen and oxygen atoms in total. The average molecular weight is 431 g/mol. The van der Waals surface area contributed by atoms with E-state index >= 15 is 0 Å². The summed E-state index contributed by atoms with van der Waals surface area (Å²) in [5.41, 5.74) is 0.